The van der Waals surface area contributed by atoms with Crippen molar-refractivity contribution in [3.63, 3.8) is 0 Å². The first-order valence-corrected chi connectivity index (χ1v) is 9.90. The standard InChI is InChI=1S/C22H23N5O2/c1-14-10-16(15(2)27(14)12-17-6-5-9-28-17)11-25-26-22-21-20(23-13-24-22)18-7-3-4-8-19(18)29-21/h3-4,7-8,10-11,13,17H,5-6,9,12H2,1-2H3,(H,23,24,26)/b25-11-/t17-/m1/s1. The molecule has 4 aromatic rings. The van der Waals surface area contributed by atoms with Gasteiger partial charge in [0.1, 0.15) is 17.4 Å². The highest BCUT2D eigenvalue weighted by Gasteiger charge is 2.18. The van der Waals surface area contributed by atoms with Crippen LogP contribution in [-0.2, 0) is 11.3 Å². The predicted octanol–water partition coefficient (Wildman–Crippen LogP) is 4.42. The van der Waals surface area contributed by atoms with Crippen LogP contribution in [0.15, 0.2) is 46.2 Å². The molecule has 0 radical (unpaired) electrons. The van der Waals surface area contributed by atoms with E-state index in [1.807, 2.05) is 30.5 Å². The zero-order valence-electron chi connectivity index (χ0n) is 16.6. The Kier molecular flexibility index (Phi) is 4.52. The maximum atomic E-state index is 5.93. The number of rotatable bonds is 5. The Balaban J connectivity index is 1.39. The summed E-state index contributed by atoms with van der Waals surface area (Å²) in [5.41, 5.74) is 8.65. The Labute approximate surface area is 168 Å². The van der Waals surface area contributed by atoms with E-state index in [0.29, 0.717) is 17.5 Å². The average Bonchev–Trinajstić information content (AvgIpc) is 3.44. The van der Waals surface area contributed by atoms with Crippen LogP contribution in [-0.4, -0.2) is 33.5 Å². The molecule has 3 aromatic heterocycles. The minimum absolute atomic E-state index is 0.310. The number of fused-ring (bicyclic) bond motifs is 3. The van der Waals surface area contributed by atoms with Gasteiger partial charge in [-0.1, -0.05) is 12.1 Å². The summed E-state index contributed by atoms with van der Waals surface area (Å²) >= 11 is 0. The molecule has 1 saturated heterocycles. The van der Waals surface area contributed by atoms with Gasteiger partial charge in [-0.3, -0.25) is 5.43 Å². The normalized spacial score (nSPS) is 17.1. The maximum absolute atomic E-state index is 5.93. The molecule has 1 aliphatic rings. The van der Waals surface area contributed by atoms with E-state index in [1.165, 1.54) is 17.7 Å². The lowest BCUT2D eigenvalue weighted by molar-refractivity contribution is 0.0962. The summed E-state index contributed by atoms with van der Waals surface area (Å²) in [6.07, 6.45) is 5.94. The van der Waals surface area contributed by atoms with Gasteiger partial charge in [0.2, 0.25) is 0 Å². The Bertz CT molecular complexity index is 1200. The van der Waals surface area contributed by atoms with Crippen LogP contribution in [0, 0.1) is 13.8 Å². The molecule has 1 aliphatic heterocycles. The molecule has 29 heavy (non-hydrogen) atoms. The van der Waals surface area contributed by atoms with E-state index in [4.69, 9.17) is 9.15 Å². The van der Waals surface area contributed by atoms with Gasteiger partial charge < -0.3 is 13.7 Å². The predicted molar refractivity (Wildman–Crippen MR) is 113 cm³/mol. The quantitative estimate of drug-likeness (QED) is 0.404. The van der Waals surface area contributed by atoms with Gasteiger partial charge in [0.25, 0.3) is 0 Å². The van der Waals surface area contributed by atoms with Gasteiger partial charge in [-0.15, -0.1) is 0 Å². The molecule has 1 fully saturated rings. The van der Waals surface area contributed by atoms with E-state index in [2.05, 4.69) is 45.0 Å². The number of benzene rings is 1. The lowest BCUT2D eigenvalue weighted by atomic mass is 10.2. The highest BCUT2D eigenvalue weighted by Crippen LogP contribution is 2.30. The molecule has 1 N–H and O–H groups in total. The number of hydrogen-bond acceptors (Lipinski definition) is 6. The molecule has 4 heterocycles. The average molecular weight is 389 g/mol. The second-order valence-corrected chi connectivity index (χ2v) is 7.44. The first-order valence-electron chi connectivity index (χ1n) is 9.90. The monoisotopic (exact) mass is 389 g/mol. The molecular weight excluding hydrogens is 366 g/mol. The van der Waals surface area contributed by atoms with Crippen LogP contribution in [0.5, 0.6) is 0 Å². The van der Waals surface area contributed by atoms with Crippen molar-refractivity contribution in [2.45, 2.75) is 39.3 Å². The zero-order chi connectivity index (χ0) is 19.8. The lowest BCUT2D eigenvalue weighted by Crippen LogP contribution is -2.16. The Morgan fingerprint density at radius 3 is 3.03 bits per heavy atom. The van der Waals surface area contributed by atoms with Crippen LogP contribution in [0.1, 0.15) is 29.8 Å². The second kappa shape index (κ2) is 7.33. The molecule has 5 rings (SSSR count). The fourth-order valence-corrected chi connectivity index (χ4v) is 4.00. The topological polar surface area (TPSA) is 77.5 Å². The SMILES string of the molecule is Cc1cc(/C=N\Nc2ncnc3c2oc2ccccc23)c(C)n1C[C@H]1CCCO1. The van der Waals surface area contributed by atoms with Crippen molar-refractivity contribution in [1.82, 2.24) is 14.5 Å². The Hall–Kier alpha value is -3.19. The Morgan fingerprint density at radius 2 is 2.17 bits per heavy atom. The van der Waals surface area contributed by atoms with Crippen LogP contribution in [0.2, 0.25) is 0 Å². The number of aryl methyl sites for hydroxylation is 1. The second-order valence-electron chi connectivity index (χ2n) is 7.44. The number of hydrogen-bond donors (Lipinski definition) is 1. The van der Waals surface area contributed by atoms with Crippen LogP contribution in [0.25, 0.3) is 22.1 Å². The molecule has 0 unspecified atom stereocenters. The van der Waals surface area contributed by atoms with Gasteiger partial charge in [0.05, 0.1) is 12.3 Å². The third-order valence-corrected chi connectivity index (χ3v) is 5.56. The number of anilines is 1. The number of ether oxygens (including phenoxy) is 1. The fraction of sp³-hybridized carbons (Fsp3) is 0.318. The van der Waals surface area contributed by atoms with Crippen molar-refractivity contribution < 1.29 is 9.15 Å². The smallest absolute Gasteiger partial charge is 0.197 e. The summed E-state index contributed by atoms with van der Waals surface area (Å²) in [7, 11) is 0. The molecular formula is C22H23N5O2. The summed E-state index contributed by atoms with van der Waals surface area (Å²) < 4.78 is 14.0. The first-order chi connectivity index (χ1) is 14.2. The molecule has 7 nitrogen and oxygen atoms in total. The maximum Gasteiger partial charge on any atom is 0.197 e. The van der Waals surface area contributed by atoms with Gasteiger partial charge in [-0.2, -0.15) is 5.10 Å². The molecule has 0 amide bonds. The third-order valence-electron chi connectivity index (χ3n) is 5.56. The van der Waals surface area contributed by atoms with E-state index in [9.17, 15) is 0 Å². The highest BCUT2D eigenvalue weighted by molar-refractivity contribution is 6.05. The van der Waals surface area contributed by atoms with Crippen LogP contribution >= 0.6 is 0 Å². The van der Waals surface area contributed by atoms with Crippen molar-refractivity contribution in [1.29, 1.82) is 0 Å². The van der Waals surface area contributed by atoms with Crippen molar-refractivity contribution in [2.75, 3.05) is 12.0 Å². The number of hydrazone groups is 1. The fourth-order valence-electron chi connectivity index (χ4n) is 4.00. The zero-order valence-corrected chi connectivity index (χ0v) is 16.6. The van der Waals surface area contributed by atoms with Crippen molar-refractivity contribution in [2.24, 2.45) is 5.10 Å². The summed E-state index contributed by atoms with van der Waals surface area (Å²) in [5, 5.41) is 5.38. The molecule has 0 bridgehead atoms. The Morgan fingerprint density at radius 1 is 1.28 bits per heavy atom. The summed E-state index contributed by atoms with van der Waals surface area (Å²) in [4.78, 5) is 8.66. The van der Waals surface area contributed by atoms with E-state index >= 15 is 0 Å². The van der Waals surface area contributed by atoms with Crippen LogP contribution in [0.3, 0.4) is 0 Å². The third kappa shape index (κ3) is 3.27. The van der Waals surface area contributed by atoms with Gasteiger partial charge in [-0.25, -0.2) is 9.97 Å². The summed E-state index contributed by atoms with van der Waals surface area (Å²) in [6.45, 7) is 6.00. The molecule has 0 saturated carbocycles. The molecule has 1 atom stereocenters. The molecule has 0 aliphatic carbocycles. The number of nitrogens with one attached hydrogen (secondary N) is 1. The van der Waals surface area contributed by atoms with Gasteiger partial charge in [0, 0.05) is 35.5 Å². The molecule has 1 aromatic carbocycles. The lowest BCUT2D eigenvalue weighted by Gasteiger charge is -2.14. The minimum Gasteiger partial charge on any atom is -0.450 e. The highest BCUT2D eigenvalue weighted by atomic mass is 16.5. The van der Waals surface area contributed by atoms with Gasteiger partial charge >= 0.3 is 0 Å². The number of furan rings is 1. The van der Waals surface area contributed by atoms with Gasteiger partial charge in [0.15, 0.2) is 11.4 Å². The summed E-state index contributed by atoms with van der Waals surface area (Å²) in [5.74, 6) is 0.551. The van der Waals surface area contributed by atoms with Crippen molar-refractivity contribution >= 4 is 34.1 Å². The number of nitrogens with zero attached hydrogens (tertiary/aromatic N) is 4. The van der Waals surface area contributed by atoms with E-state index < -0.39 is 0 Å². The summed E-state index contributed by atoms with van der Waals surface area (Å²) in [6, 6.07) is 9.97. The van der Waals surface area contributed by atoms with Crippen molar-refractivity contribution in [3.05, 3.63) is 53.6 Å². The van der Waals surface area contributed by atoms with Gasteiger partial charge in [-0.05, 0) is 44.9 Å². The molecule has 148 valence electrons. The van der Waals surface area contributed by atoms with Crippen LogP contribution in [0.4, 0.5) is 5.82 Å². The number of para-hydroxylation sites is 1. The number of aromatic nitrogens is 3. The first kappa shape index (κ1) is 17.9. The van der Waals surface area contributed by atoms with Crippen molar-refractivity contribution in [3.8, 4) is 0 Å². The van der Waals surface area contributed by atoms with Crippen LogP contribution < -0.4 is 5.43 Å². The van der Waals surface area contributed by atoms with E-state index in [-0.39, 0.29) is 0 Å². The molecule has 7 heteroatoms. The molecule has 0 spiro atoms. The van der Waals surface area contributed by atoms with E-state index in [1.54, 1.807) is 0 Å². The largest absolute Gasteiger partial charge is 0.450 e. The minimum atomic E-state index is 0.310. The van der Waals surface area contributed by atoms with E-state index in [0.717, 1.165) is 48.0 Å².